The first-order valence-electron chi connectivity index (χ1n) is 5.17. The average molecular weight is 237 g/mol. The largest absolute Gasteiger partial charge is 0.395 e. The van der Waals surface area contributed by atoms with Crippen molar-refractivity contribution in [1.29, 1.82) is 0 Å². The molecule has 90 valence electrons. The van der Waals surface area contributed by atoms with Gasteiger partial charge in [0.15, 0.2) is 0 Å². The molecule has 1 saturated carbocycles. The number of aliphatic hydroxyl groups excluding tert-OH is 1. The maximum absolute atomic E-state index is 11.8. The molecule has 0 atom stereocenters. The van der Waals surface area contributed by atoms with Crippen molar-refractivity contribution in [3.05, 3.63) is 0 Å². The normalized spacial score (nSPS) is 17.3. The number of hydrogen-bond acceptors (Lipinski definition) is 4. The van der Waals surface area contributed by atoms with E-state index >= 15 is 0 Å². The Morgan fingerprint density at radius 2 is 2.07 bits per heavy atom. The summed E-state index contributed by atoms with van der Waals surface area (Å²) in [6.45, 7) is 0.710. The van der Waals surface area contributed by atoms with Gasteiger partial charge in [0.1, 0.15) is 0 Å². The summed E-state index contributed by atoms with van der Waals surface area (Å²) in [7, 11) is -1.67. The predicted octanol–water partition coefficient (Wildman–Crippen LogP) is -0.333. The van der Waals surface area contributed by atoms with Crippen LogP contribution in [0.4, 0.5) is 0 Å². The number of ether oxygens (including phenoxy) is 1. The fourth-order valence-corrected chi connectivity index (χ4v) is 3.23. The molecule has 1 aliphatic carbocycles. The number of hydrogen-bond donors (Lipinski definition) is 1. The van der Waals surface area contributed by atoms with Gasteiger partial charge in [-0.2, -0.15) is 4.31 Å². The smallest absolute Gasteiger partial charge is 0.214 e. The molecular weight excluding hydrogens is 218 g/mol. The zero-order valence-corrected chi connectivity index (χ0v) is 9.87. The summed E-state index contributed by atoms with van der Waals surface area (Å²) in [5.74, 6) is 0.551. The van der Waals surface area contributed by atoms with Crippen LogP contribution in [0.25, 0.3) is 0 Å². The Balaban J connectivity index is 2.50. The summed E-state index contributed by atoms with van der Waals surface area (Å²) < 4.78 is 29.8. The third kappa shape index (κ3) is 4.46. The van der Waals surface area contributed by atoms with Crippen LogP contribution >= 0.6 is 0 Å². The molecule has 5 nitrogen and oxygen atoms in total. The summed E-state index contributed by atoms with van der Waals surface area (Å²) in [6, 6.07) is 0. The van der Waals surface area contributed by atoms with Crippen molar-refractivity contribution in [3.63, 3.8) is 0 Å². The van der Waals surface area contributed by atoms with Crippen molar-refractivity contribution in [2.75, 3.05) is 39.2 Å². The highest BCUT2D eigenvalue weighted by molar-refractivity contribution is 7.89. The molecule has 0 amide bonds. The van der Waals surface area contributed by atoms with Gasteiger partial charge in [-0.3, -0.25) is 0 Å². The van der Waals surface area contributed by atoms with Crippen LogP contribution < -0.4 is 0 Å². The molecule has 0 spiro atoms. The lowest BCUT2D eigenvalue weighted by Gasteiger charge is -2.20. The highest BCUT2D eigenvalue weighted by Gasteiger charge is 2.31. The van der Waals surface area contributed by atoms with Crippen LogP contribution in [0.2, 0.25) is 0 Å². The topological polar surface area (TPSA) is 66.8 Å². The molecular formula is C9H19NO4S. The summed E-state index contributed by atoms with van der Waals surface area (Å²) in [5.41, 5.74) is 0. The maximum Gasteiger partial charge on any atom is 0.214 e. The number of sulfonamides is 1. The number of nitrogens with zero attached hydrogens (tertiary/aromatic N) is 1. The quantitative estimate of drug-likeness (QED) is 0.627. The Labute approximate surface area is 91.1 Å². The lowest BCUT2D eigenvalue weighted by Crippen LogP contribution is -2.38. The van der Waals surface area contributed by atoms with Crippen molar-refractivity contribution in [1.82, 2.24) is 4.31 Å². The second-order valence-electron chi connectivity index (χ2n) is 3.84. The highest BCUT2D eigenvalue weighted by atomic mass is 32.2. The summed E-state index contributed by atoms with van der Waals surface area (Å²) in [5, 5.41) is 8.80. The van der Waals surface area contributed by atoms with Crippen molar-refractivity contribution in [3.8, 4) is 0 Å². The maximum atomic E-state index is 11.8. The van der Waals surface area contributed by atoms with Crippen LogP contribution in [-0.4, -0.2) is 57.0 Å². The van der Waals surface area contributed by atoms with Crippen LogP contribution in [0.5, 0.6) is 0 Å². The lowest BCUT2D eigenvalue weighted by molar-refractivity contribution is 0.168. The van der Waals surface area contributed by atoms with Gasteiger partial charge in [-0.25, -0.2) is 8.42 Å². The average Bonchev–Trinajstić information content (AvgIpc) is 2.95. The molecule has 1 fully saturated rings. The molecule has 15 heavy (non-hydrogen) atoms. The van der Waals surface area contributed by atoms with Gasteiger partial charge in [-0.15, -0.1) is 0 Å². The molecule has 0 saturated heterocycles. The monoisotopic (exact) mass is 237 g/mol. The van der Waals surface area contributed by atoms with E-state index in [4.69, 9.17) is 9.84 Å². The summed E-state index contributed by atoms with van der Waals surface area (Å²) in [4.78, 5) is 0. The van der Waals surface area contributed by atoms with Crippen LogP contribution in [0, 0.1) is 5.92 Å². The Bertz CT molecular complexity index is 274. The fourth-order valence-electron chi connectivity index (χ4n) is 1.38. The van der Waals surface area contributed by atoms with Gasteiger partial charge in [0.05, 0.1) is 19.0 Å². The summed E-state index contributed by atoms with van der Waals surface area (Å²) in [6.07, 6.45) is 2.02. The second kappa shape index (κ2) is 5.79. The first-order chi connectivity index (χ1) is 7.10. The van der Waals surface area contributed by atoms with E-state index in [1.807, 2.05) is 0 Å². The minimum atomic E-state index is -3.20. The Hall–Kier alpha value is -0.170. The second-order valence-corrected chi connectivity index (χ2v) is 5.85. The number of methoxy groups -OCH3 is 1. The van der Waals surface area contributed by atoms with E-state index in [0.29, 0.717) is 19.1 Å². The van der Waals surface area contributed by atoms with E-state index in [9.17, 15) is 8.42 Å². The minimum Gasteiger partial charge on any atom is -0.395 e. The van der Waals surface area contributed by atoms with Gasteiger partial charge >= 0.3 is 0 Å². The van der Waals surface area contributed by atoms with Gasteiger partial charge in [-0.05, 0) is 18.8 Å². The third-order valence-electron chi connectivity index (χ3n) is 2.43. The Morgan fingerprint density at radius 1 is 1.40 bits per heavy atom. The molecule has 0 heterocycles. The van der Waals surface area contributed by atoms with Crippen LogP contribution in [0.3, 0.4) is 0 Å². The van der Waals surface area contributed by atoms with Gasteiger partial charge in [-0.1, -0.05) is 0 Å². The Morgan fingerprint density at radius 3 is 2.53 bits per heavy atom. The van der Waals surface area contributed by atoms with E-state index in [1.54, 1.807) is 0 Å². The van der Waals surface area contributed by atoms with E-state index < -0.39 is 10.0 Å². The van der Waals surface area contributed by atoms with E-state index in [1.165, 1.54) is 11.4 Å². The molecule has 1 N–H and O–H groups in total. The first-order valence-corrected chi connectivity index (χ1v) is 6.78. The molecule has 0 bridgehead atoms. The first kappa shape index (κ1) is 12.9. The van der Waals surface area contributed by atoms with Gasteiger partial charge < -0.3 is 9.84 Å². The highest BCUT2D eigenvalue weighted by Crippen LogP contribution is 2.31. The number of aliphatic hydroxyl groups is 1. The number of rotatable bonds is 8. The summed E-state index contributed by atoms with van der Waals surface area (Å²) >= 11 is 0. The van der Waals surface area contributed by atoms with E-state index in [0.717, 1.165) is 12.8 Å². The SMILES string of the molecule is COCCN(CCO)S(=O)(=O)CC1CC1. The molecule has 6 heteroatoms. The minimum absolute atomic E-state index is 0.145. The van der Waals surface area contributed by atoms with Crippen LogP contribution in [-0.2, 0) is 14.8 Å². The zero-order valence-electron chi connectivity index (χ0n) is 9.05. The van der Waals surface area contributed by atoms with Crippen molar-refractivity contribution < 1.29 is 18.3 Å². The predicted molar refractivity (Wildman–Crippen MR) is 57.0 cm³/mol. The standard InChI is InChI=1S/C9H19NO4S/c1-14-7-5-10(4-6-11)15(12,13)8-9-2-3-9/h9,11H,2-8H2,1H3. The molecule has 0 unspecified atom stereocenters. The Kier molecular flexibility index (Phi) is 4.98. The molecule has 0 radical (unpaired) electrons. The van der Waals surface area contributed by atoms with Crippen molar-refractivity contribution in [2.24, 2.45) is 5.92 Å². The van der Waals surface area contributed by atoms with Crippen LogP contribution in [0.1, 0.15) is 12.8 Å². The zero-order chi connectivity index (χ0) is 11.3. The van der Waals surface area contributed by atoms with Crippen molar-refractivity contribution >= 4 is 10.0 Å². The molecule has 1 rings (SSSR count). The van der Waals surface area contributed by atoms with Gasteiger partial charge in [0, 0.05) is 20.2 Å². The molecule has 0 aromatic rings. The third-order valence-corrected chi connectivity index (χ3v) is 4.48. The lowest BCUT2D eigenvalue weighted by atomic mass is 10.5. The molecule has 1 aliphatic rings. The van der Waals surface area contributed by atoms with E-state index in [-0.39, 0.29) is 18.9 Å². The fraction of sp³-hybridized carbons (Fsp3) is 1.00. The molecule has 0 aromatic heterocycles. The van der Waals surface area contributed by atoms with Gasteiger partial charge in [0.25, 0.3) is 0 Å². The van der Waals surface area contributed by atoms with E-state index in [2.05, 4.69) is 0 Å². The molecule has 0 aliphatic heterocycles. The van der Waals surface area contributed by atoms with Crippen LogP contribution in [0.15, 0.2) is 0 Å². The van der Waals surface area contributed by atoms with Gasteiger partial charge in [0.2, 0.25) is 10.0 Å². The molecule has 0 aromatic carbocycles. The van der Waals surface area contributed by atoms with Crippen molar-refractivity contribution in [2.45, 2.75) is 12.8 Å².